The van der Waals surface area contributed by atoms with Gasteiger partial charge in [0.05, 0.1) is 0 Å². The Bertz CT molecular complexity index is 218. The molecule has 0 amide bonds. The van der Waals surface area contributed by atoms with E-state index in [4.69, 9.17) is 12.2 Å². The molecule has 0 atom stereocenters. The van der Waals surface area contributed by atoms with Crippen LogP contribution in [0, 0.1) is 0 Å². The number of hydrogen-bond donors (Lipinski definition) is 1. The third-order valence-electron chi connectivity index (χ3n) is 3.47. The highest BCUT2D eigenvalue weighted by atomic mass is 32.1. The van der Waals surface area contributed by atoms with Crippen LogP contribution >= 0.6 is 12.2 Å². The Hall–Kier alpha value is -0.350. The Morgan fingerprint density at radius 1 is 1.13 bits per heavy atom. The summed E-state index contributed by atoms with van der Waals surface area (Å²) in [5, 5.41) is 4.48. The first-order valence-corrected chi connectivity index (χ1v) is 6.40. The number of hydrogen-bond acceptors (Lipinski definition) is 2. The molecule has 1 aliphatic carbocycles. The lowest BCUT2D eigenvalue weighted by Crippen LogP contribution is -2.52. The highest BCUT2D eigenvalue weighted by molar-refractivity contribution is 7.80. The summed E-state index contributed by atoms with van der Waals surface area (Å²) in [6.07, 6.45) is 5.33. The van der Waals surface area contributed by atoms with Crippen molar-refractivity contribution in [1.82, 2.24) is 15.1 Å². The van der Waals surface area contributed by atoms with Crippen LogP contribution in [0.5, 0.6) is 0 Å². The van der Waals surface area contributed by atoms with Crippen LogP contribution < -0.4 is 5.32 Å². The van der Waals surface area contributed by atoms with E-state index in [1.165, 1.54) is 25.7 Å². The van der Waals surface area contributed by atoms with Crippen LogP contribution in [0.2, 0.25) is 0 Å². The van der Waals surface area contributed by atoms with E-state index < -0.39 is 0 Å². The van der Waals surface area contributed by atoms with Crippen molar-refractivity contribution in [3.8, 4) is 0 Å². The molecule has 0 spiro atoms. The molecule has 4 heteroatoms. The zero-order chi connectivity index (χ0) is 10.7. The molecule has 1 saturated heterocycles. The molecule has 0 radical (unpaired) electrons. The van der Waals surface area contributed by atoms with Crippen LogP contribution in [0.15, 0.2) is 0 Å². The molecule has 0 unspecified atom stereocenters. The van der Waals surface area contributed by atoms with Crippen LogP contribution in [0.3, 0.4) is 0 Å². The van der Waals surface area contributed by atoms with Crippen LogP contribution in [0.4, 0.5) is 0 Å². The molecule has 1 aliphatic heterocycles. The molecule has 15 heavy (non-hydrogen) atoms. The lowest BCUT2D eigenvalue weighted by molar-refractivity contribution is 0.213. The van der Waals surface area contributed by atoms with E-state index in [1.807, 2.05) is 0 Å². The molecule has 86 valence electrons. The standard InChI is InChI=1S/C11H21N3S/c1-13-6-8-14(9-7-13)11(15)12-10-4-2-3-5-10/h10H,2-9H2,1H3,(H,12,15). The van der Waals surface area contributed by atoms with Gasteiger partial charge in [-0.3, -0.25) is 0 Å². The van der Waals surface area contributed by atoms with Gasteiger partial charge < -0.3 is 15.1 Å². The number of piperazine rings is 1. The van der Waals surface area contributed by atoms with Crippen molar-refractivity contribution in [2.24, 2.45) is 0 Å². The van der Waals surface area contributed by atoms with Crippen molar-refractivity contribution in [2.75, 3.05) is 33.2 Å². The second kappa shape index (κ2) is 5.12. The number of likely N-dealkylation sites (N-methyl/N-ethyl adjacent to an activating group) is 1. The maximum absolute atomic E-state index is 5.45. The summed E-state index contributed by atoms with van der Waals surface area (Å²) in [6.45, 7) is 4.42. The average Bonchev–Trinajstić information content (AvgIpc) is 2.71. The Labute approximate surface area is 97.8 Å². The van der Waals surface area contributed by atoms with Crippen molar-refractivity contribution in [2.45, 2.75) is 31.7 Å². The molecule has 3 nitrogen and oxygen atoms in total. The fourth-order valence-electron chi connectivity index (χ4n) is 2.35. The molecule has 1 heterocycles. The topological polar surface area (TPSA) is 18.5 Å². The Morgan fingerprint density at radius 2 is 1.73 bits per heavy atom. The summed E-state index contributed by atoms with van der Waals surface area (Å²) in [7, 11) is 2.17. The Balaban J connectivity index is 1.75. The van der Waals surface area contributed by atoms with Gasteiger partial charge in [0.15, 0.2) is 5.11 Å². The van der Waals surface area contributed by atoms with Crippen molar-refractivity contribution >= 4 is 17.3 Å². The van der Waals surface area contributed by atoms with Gasteiger partial charge in [-0.15, -0.1) is 0 Å². The number of nitrogens with zero attached hydrogens (tertiary/aromatic N) is 2. The number of nitrogens with one attached hydrogen (secondary N) is 1. The molecule has 1 saturated carbocycles. The van der Waals surface area contributed by atoms with Gasteiger partial charge in [0.25, 0.3) is 0 Å². The van der Waals surface area contributed by atoms with E-state index >= 15 is 0 Å². The van der Waals surface area contributed by atoms with Crippen LogP contribution in [-0.2, 0) is 0 Å². The fourth-order valence-corrected chi connectivity index (χ4v) is 2.69. The Morgan fingerprint density at radius 3 is 2.33 bits per heavy atom. The third kappa shape index (κ3) is 3.05. The SMILES string of the molecule is CN1CCN(C(=S)NC2CCCC2)CC1. The van der Waals surface area contributed by atoms with Gasteiger partial charge in [-0.2, -0.15) is 0 Å². The predicted molar refractivity (Wildman–Crippen MR) is 67.1 cm³/mol. The molecular formula is C11H21N3S. The molecule has 1 N–H and O–H groups in total. The van der Waals surface area contributed by atoms with Gasteiger partial charge in [0.2, 0.25) is 0 Å². The molecule has 0 aromatic rings. The second-order valence-electron chi connectivity index (χ2n) is 4.72. The lowest BCUT2D eigenvalue weighted by atomic mass is 10.2. The maximum Gasteiger partial charge on any atom is 0.169 e. The summed E-state index contributed by atoms with van der Waals surface area (Å²) in [5.74, 6) is 0. The van der Waals surface area contributed by atoms with Crippen molar-refractivity contribution in [3.05, 3.63) is 0 Å². The summed E-state index contributed by atoms with van der Waals surface area (Å²) >= 11 is 5.45. The highest BCUT2D eigenvalue weighted by Crippen LogP contribution is 2.18. The lowest BCUT2D eigenvalue weighted by Gasteiger charge is -2.35. The Kier molecular flexibility index (Phi) is 3.81. The minimum absolute atomic E-state index is 0.650. The van der Waals surface area contributed by atoms with Crippen molar-refractivity contribution in [3.63, 3.8) is 0 Å². The molecule has 0 bridgehead atoms. The van der Waals surface area contributed by atoms with Gasteiger partial charge in [-0.25, -0.2) is 0 Å². The summed E-state index contributed by atoms with van der Waals surface area (Å²) < 4.78 is 0. The van der Waals surface area contributed by atoms with Gasteiger partial charge in [-0.05, 0) is 32.1 Å². The molecule has 2 fully saturated rings. The van der Waals surface area contributed by atoms with Gasteiger partial charge in [0.1, 0.15) is 0 Å². The highest BCUT2D eigenvalue weighted by Gasteiger charge is 2.20. The molecule has 2 rings (SSSR count). The van der Waals surface area contributed by atoms with Crippen molar-refractivity contribution in [1.29, 1.82) is 0 Å². The van der Waals surface area contributed by atoms with E-state index in [0.717, 1.165) is 31.3 Å². The number of thiocarbonyl (C=S) groups is 1. The number of rotatable bonds is 1. The van der Waals surface area contributed by atoms with E-state index in [-0.39, 0.29) is 0 Å². The zero-order valence-corrected chi connectivity index (χ0v) is 10.4. The van der Waals surface area contributed by atoms with E-state index in [1.54, 1.807) is 0 Å². The van der Waals surface area contributed by atoms with Gasteiger partial charge in [0, 0.05) is 32.2 Å². The normalized spacial score (nSPS) is 24.5. The second-order valence-corrected chi connectivity index (χ2v) is 5.11. The zero-order valence-electron chi connectivity index (χ0n) is 9.54. The maximum atomic E-state index is 5.45. The minimum atomic E-state index is 0.650. The smallest absolute Gasteiger partial charge is 0.169 e. The summed E-state index contributed by atoms with van der Waals surface area (Å²) in [5.41, 5.74) is 0. The fraction of sp³-hybridized carbons (Fsp3) is 0.909. The first kappa shape index (κ1) is 11.1. The van der Waals surface area contributed by atoms with Crippen LogP contribution in [0.25, 0.3) is 0 Å². The summed E-state index contributed by atoms with van der Waals surface area (Å²) in [4.78, 5) is 4.67. The minimum Gasteiger partial charge on any atom is -0.360 e. The van der Waals surface area contributed by atoms with Crippen LogP contribution in [0.1, 0.15) is 25.7 Å². The molecular weight excluding hydrogens is 206 g/mol. The third-order valence-corrected chi connectivity index (χ3v) is 3.85. The van der Waals surface area contributed by atoms with E-state index in [2.05, 4.69) is 22.2 Å². The molecule has 0 aromatic heterocycles. The monoisotopic (exact) mass is 227 g/mol. The first-order valence-electron chi connectivity index (χ1n) is 6.00. The summed E-state index contributed by atoms with van der Waals surface area (Å²) in [6, 6.07) is 0.650. The van der Waals surface area contributed by atoms with Gasteiger partial charge >= 0.3 is 0 Å². The van der Waals surface area contributed by atoms with Crippen LogP contribution in [-0.4, -0.2) is 54.2 Å². The average molecular weight is 227 g/mol. The van der Waals surface area contributed by atoms with E-state index in [9.17, 15) is 0 Å². The van der Waals surface area contributed by atoms with Crippen molar-refractivity contribution < 1.29 is 0 Å². The quantitative estimate of drug-likeness (QED) is 0.675. The predicted octanol–water partition coefficient (Wildman–Crippen LogP) is 1.05. The molecule has 2 aliphatic rings. The first-order chi connectivity index (χ1) is 7.25. The largest absolute Gasteiger partial charge is 0.360 e. The van der Waals surface area contributed by atoms with E-state index in [0.29, 0.717) is 6.04 Å². The van der Waals surface area contributed by atoms with Gasteiger partial charge in [-0.1, -0.05) is 12.8 Å². The molecule has 0 aromatic carbocycles.